The van der Waals surface area contributed by atoms with Gasteiger partial charge in [0.15, 0.2) is 5.69 Å². The van der Waals surface area contributed by atoms with Crippen LogP contribution in [0.5, 0.6) is 0 Å². The zero-order valence-electron chi connectivity index (χ0n) is 13.0. The van der Waals surface area contributed by atoms with E-state index in [2.05, 4.69) is 22.6 Å². The smallest absolute Gasteiger partial charge is 0.273 e. The van der Waals surface area contributed by atoms with E-state index in [9.17, 15) is 4.79 Å². The van der Waals surface area contributed by atoms with E-state index in [4.69, 9.17) is 9.26 Å². The number of ether oxygens (including phenoxy) is 1. The van der Waals surface area contributed by atoms with Crippen LogP contribution in [0.3, 0.4) is 0 Å². The summed E-state index contributed by atoms with van der Waals surface area (Å²) in [5, 5.41) is 6.94. The molecule has 0 fully saturated rings. The van der Waals surface area contributed by atoms with Crippen molar-refractivity contribution < 1.29 is 14.1 Å². The molecule has 5 nitrogen and oxygen atoms in total. The molecule has 23 heavy (non-hydrogen) atoms. The molecule has 2 aliphatic rings. The molecule has 0 radical (unpaired) electrons. The van der Waals surface area contributed by atoms with E-state index in [0.717, 1.165) is 43.4 Å². The molecule has 0 spiro atoms. The van der Waals surface area contributed by atoms with Gasteiger partial charge in [-0.25, -0.2) is 0 Å². The normalized spacial score (nSPS) is 19.7. The first-order valence-electron chi connectivity index (χ1n) is 8.28. The number of carbonyl (C=O) groups is 1. The maximum atomic E-state index is 12.4. The molecule has 1 unspecified atom stereocenters. The second-order valence-electron chi connectivity index (χ2n) is 6.16. The van der Waals surface area contributed by atoms with Gasteiger partial charge in [-0.2, -0.15) is 0 Å². The number of rotatable bonds is 3. The minimum Gasteiger partial charge on any atom is -0.371 e. The highest BCUT2D eigenvalue weighted by molar-refractivity contribution is 5.93. The molecule has 0 saturated carbocycles. The maximum Gasteiger partial charge on any atom is 0.273 e. The molecule has 2 aromatic rings. The van der Waals surface area contributed by atoms with Crippen molar-refractivity contribution in [2.45, 2.75) is 38.2 Å². The lowest BCUT2D eigenvalue weighted by Crippen LogP contribution is -2.32. The zero-order chi connectivity index (χ0) is 15.6. The van der Waals surface area contributed by atoms with E-state index in [1.807, 2.05) is 12.1 Å². The zero-order valence-corrected chi connectivity index (χ0v) is 13.0. The number of benzene rings is 1. The molecule has 1 atom stereocenters. The van der Waals surface area contributed by atoms with Crippen LogP contribution >= 0.6 is 0 Å². The predicted octanol–water partition coefficient (Wildman–Crippen LogP) is 2.60. The van der Waals surface area contributed by atoms with Crippen molar-refractivity contribution >= 4 is 5.91 Å². The van der Waals surface area contributed by atoms with Gasteiger partial charge in [0.25, 0.3) is 5.91 Å². The van der Waals surface area contributed by atoms with Gasteiger partial charge >= 0.3 is 0 Å². The molecule has 1 aliphatic heterocycles. The van der Waals surface area contributed by atoms with Gasteiger partial charge in [0, 0.05) is 18.5 Å². The molecule has 4 rings (SSSR count). The van der Waals surface area contributed by atoms with Gasteiger partial charge in [0.2, 0.25) is 0 Å². The molecule has 5 heteroatoms. The number of amides is 1. The summed E-state index contributed by atoms with van der Waals surface area (Å²) < 4.78 is 11.1. The van der Waals surface area contributed by atoms with E-state index in [1.165, 1.54) is 11.1 Å². The van der Waals surface area contributed by atoms with Crippen molar-refractivity contribution in [2.75, 3.05) is 13.2 Å². The first-order valence-corrected chi connectivity index (χ1v) is 8.28. The molecule has 1 amide bonds. The van der Waals surface area contributed by atoms with Crippen molar-refractivity contribution in [2.24, 2.45) is 0 Å². The summed E-state index contributed by atoms with van der Waals surface area (Å²) in [6.45, 7) is 1.15. The molecule has 1 N–H and O–H groups in total. The Labute approximate surface area is 135 Å². The Bertz CT molecular complexity index is 723. The van der Waals surface area contributed by atoms with Crippen LogP contribution in [-0.4, -0.2) is 24.2 Å². The molecule has 120 valence electrons. The third-order valence-electron chi connectivity index (χ3n) is 4.71. The van der Waals surface area contributed by atoms with Gasteiger partial charge in [0.1, 0.15) is 11.9 Å². The van der Waals surface area contributed by atoms with E-state index >= 15 is 0 Å². The fourth-order valence-corrected chi connectivity index (χ4v) is 3.48. The summed E-state index contributed by atoms with van der Waals surface area (Å²) in [5.74, 6) is 0.712. The van der Waals surface area contributed by atoms with E-state index in [-0.39, 0.29) is 12.0 Å². The van der Waals surface area contributed by atoms with Gasteiger partial charge < -0.3 is 14.6 Å². The Morgan fingerprint density at radius 3 is 3.04 bits per heavy atom. The van der Waals surface area contributed by atoms with Gasteiger partial charge in [-0.3, -0.25) is 4.79 Å². The minimum atomic E-state index is -0.163. The van der Waals surface area contributed by atoms with Crippen LogP contribution in [0.4, 0.5) is 0 Å². The number of nitrogens with one attached hydrogen (secondary N) is 1. The molecular weight excluding hydrogens is 292 g/mol. The van der Waals surface area contributed by atoms with Gasteiger partial charge in [-0.05, 0) is 36.8 Å². The molecular formula is C18H20N2O3. The standard InChI is InChI=1S/C18H20N2O3/c21-18(17-14-7-3-4-8-15(14)23-20-17)19-11-16-13-6-2-1-5-12(13)9-10-22-16/h1-2,5-6,16H,3-4,7-11H2,(H,19,21). The predicted molar refractivity (Wildman–Crippen MR) is 84.3 cm³/mol. The van der Waals surface area contributed by atoms with E-state index in [1.54, 1.807) is 0 Å². The fraction of sp³-hybridized carbons (Fsp3) is 0.444. The summed E-state index contributed by atoms with van der Waals surface area (Å²) >= 11 is 0. The number of aryl methyl sites for hydroxylation is 1. The number of nitrogens with zero attached hydrogens (tertiary/aromatic N) is 1. The lowest BCUT2D eigenvalue weighted by atomic mass is 9.96. The average Bonchev–Trinajstić information content (AvgIpc) is 3.04. The third-order valence-corrected chi connectivity index (χ3v) is 4.71. The highest BCUT2D eigenvalue weighted by atomic mass is 16.5. The van der Waals surface area contributed by atoms with Crippen LogP contribution in [0.25, 0.3) is 0 Å². The van der Waals surface area contributed by atoms with Crippen LogP contribution in [0.15, 0.2) is 28.8 Å². The monoisotopic (exact) mass is 312 g/mol. The van der Waals surface area contributed by atoms with Crippen LogP contribution in [0.2, 0.25) is 0 Å². The number of carbonyl (C=O) groups excluding carboxylic acids is 1. The highest BCUT2D eigenvalue weighted by Gasteiger charge is 2.26. The van der Waals surface area contributed by atoms with Gasteiger partial charge in [-0.1, -0.05) is 29.4 Å². The van der Waals surface area contributed by atoms with Crippen molar-refractivity contribution in [3.05, 3.63) is 52.4 Å². The molecule has 0 saturated heterocycles. The summed E-state index contributed by atoms with van der Waals surface area (Å²) in [6, 6.07) is 8.25. The molecule has 2 heterocycles. The minimum absolute atomic E-state index is 0.0911. The average molecular weight is 312 g/mol. The van der Waals surface area contributed by atoms with Gasteiger partial charge in [0.05, 0.1) is 6.61 Å². The third kappa shape index (κ3) is 2.77. The summed E-state index contributed by atoms with van der Waals surface area (Å²) in [6.07, 6.45) is 4.80. The quantitative estimate of drug-likeness (QED) is 0.946. The second-order valence-corrected chi connectivity index (χ2v) is 6.16. The fourth-order valence-electron chi connectivity index (χ4n) is 3.48. The summed E-state index contributed by atoms with van der Waals surface area (Å²) in [5.41, 5.74) is 3.90. The number of fused-ring (bicyclic) bond motifs is 2. The van der Waals surface area contributed by atoms with Crippen molar-refractivity contribution in [1.82, 2.24) is 10.5 Å². The summed E-state index contributed by atoms with van der Waals surface area (Å²) in [7, 11) is 0. The van der Waals surface area contributed by atoms with Gasteiger partial charge in [-0.15, -0.1) is 0 Å². The first-order chi connectivity index (χ1) is 11.3. The van der Waals surface area contributed by atoms with Crippen LogP contribution in [-0.2, 0) is 24.0 Å². The van der Waals surface area contributed by atoms with Crippen LogP contribution < -0.4 is 5.32 Å². The van der Waals surface area contributed by atoms with Crippen molar-refractivity contribution in [1.29, 1.82) is 0 Å². The number of hydrogen-bond donors (Lipinski definition) is 1. The molecule has 0 bridgehead atoms. The molecule has 1 aromatic carbocycles. The Morgan fingerprint density at radius 1 is 1.22 bits per heavy atom. The summed E-state index contributed by atoms with van der Waals surface area (Å²) in [4.78, 5) is 12.4. The largest absolute Gasteiger partial charge is 0.371 e. The lowest BCUT2D eigenvalue weighted by Gasteiger charge is -2.26. The SMILES string of the molecule is O=C(NCC1OCCc2ccccc21)c1noc2c1CCCC2. The van der Waals surface area contributed by atoms with Crippen molar-refractivity contribution in [3.8, 4) is 0 Å². The molecule has 1 aromatic heterocycles. The number of hydrogen-bond acceptors (Lipinski definition) is 4. The maximum absolute atomic E-state index is 12.4. The van der Waals surface area contributed by atoms with Crippen LogP contribution in [0.1, 0.15) is 51.9 Å². The first kappa shape index (κ1) is 14.5. The Morgan fingerprint density at radius 2 is 2.09 bits per heavy atom. The second kappa shape index (κ2) is 6.16. The van der Waals surface area contributed by atoms with Crippen molar-refractivity contribution in [3.63, 3.8) is 0 Å². The topological polar surface area (TPSA) is 64.4 Å². The van der Waals surface area contributed by atoms with Crippen LogP contribution in [0, 0.1) is 0 Å². The Kier molecular flexibility index (Phi) is 3.87. The molecule has 1 aliphatic carbocycles. The van der Waals surface area contributed by atoms with E-state index in [0.29, 0.717) is 18.8 Å². The Hall–Kier alpha value is -2.14. The Balaban J connectivity index is 1.46. The van der Waals surface area contributed by atoms with E-state index < -0.39 is 0 Å². The highest BCUT2D eigenvalue weighted by Crippen LogP contribution is 2.27. The lowest BCUT2D eigenvalue weighted by molar-refractivity contribution is 0.0410. The number of aromatic nitrogens is 1.